The number of nitrogens with one attached hydrogen (secondary N) is 1. The number of benzene rings is 1. The zero-order valence-corrected chi connectivity index (χ0v) is 11.1. The summed E-state index contributed by atoms with van der Waals surface area (Å²) in [4.78, 5) is 0. The van der Waals surface area contributed by atoms with Crippen LogP contribution >= 0.6 is 11.3 Å². The molecule has 0 saturated heterocycles. The van der Waals surface area contributed by atoms with E-state index < -0.39 is 18.0 Å². The maximum absolute atomic E-state index is 13.4. The van der Waals surface area contributed by atoms with Crippen molar-refractivity contribution in [3.8, 4) is 0 Å². The van der Waals surface area contributed by atoms with E-state index in [0.29, 0.717) is 6.54 Å². The Balaban J connectivity index is 1.81. The van der Waals surface area contributed by atoms with Gasteiger partial charge in [-0.05, 0) is 28.5 Å². The Kier molecular flexibility index (Phi) is 5.04. The van der Waals surface area contributed by atoms with Gasteiger partial charge in [0.1, 0.15) is 5.82 Å². The molecule has 1 heterocycles. The normalized spacial score (nSPS) is 14.3. The highest BCUT2D eigenvalue weighted by atomic mass is 32.1. The Morgan fingerprint density at radius 2 is 1.84 bits per heavy atom. The molecule has 0 saturated carbocycles. The number of hydrogen-bond donors (Lipinski definition) is 3. The van der Waals surface area contributed by atoms with E-state index in [1.54, 1.807) is 18.2 Å². The zero-order valence-electron chi connectivity index (χ0n) is 10.3. The first-order chi connectivity index (χ1) is 9.18. The van der Waals surface area contributed by atoms with Crippen molar-refractivity contribution in [2.45, 2.75) is 12.2 Å². The molecular formula is C14H16FNO2S. The minimum atomic E-state index is -0.920. The van der Waals surface area contributed by atoms with E-state index in [1.807, 2.05) is 16.8 Å². The number of thiophene rings is 1. The van der Waals surface area contributed by atoms with Crippen LogP contribution in [0.1, 0.15) is 23.3 Å². The molecule has 2 aromatic rings. The number of halogens is 1. The third kappa shape index (κ3) is 3.84. The highest BCUT2D eigenvalue weighted by molar-refractivity contribution is 7.07. The van der Waals surface area contributed by atoms with Crippen LogP contribution in [0.3, 0.4) is 0 Å². The van der Waals surface area contributed by atoms with Crippen LogP contribution < -0.4 is 5.32 Å². The number of rotatable bonds is 6. The van der Waals surface area contributed by atoms with Gasteiger partial charge in [0, 0.05) is 18.7 Å². The van der Waals surface area contributed by atoms with Crippen LogP contribution in [0.2, 0.25) is 0 Å². The maximum Gasteiger partial charge on any atom is 0.129 e. The van der Waals surface area contributed by atoms with E-state index in [0.717, 1.165) is 5.56 Å². The van der Waals surface area contributed by atoms with E-state index >= 15 is 0 Å². The van der Waals surface area contributed by atoms with Gasteiger partial charge >= 0.3 is 0 Å². The molecule has 2 rings (SSSR count). The van der Waals surface area contributed by atoms with Crippen molar-refractivity contribution in [1.82, 2.24) is 5.32 Å². The van der Waals surface area contributed by atoms with Crippen LogP contribution in [0.25, 0.3) is 0 Å². The molecule has 2 atom stereocenters. The fourth-order valence-electron chi connectivity index (χ4n) is 1.79. The summed E-state index contributed by atoms with van der Waals surface area (Å²) in [6.07, 6.45) is -1.53. The summed E-state index contributed by atoms with van der Waals surface area (Å²) in [5.74, 6) is -0.421. The van der Waals surface area contributed by atoms with Gasteiger partial charge in [-0.2, -0.15) is 11.3 Å². The predicted molar refractivity (Wildman–Crippen MR) is 73.5 cm³/mol. The fraction of sp³-hybridized carbons (Fsp3) is 0.286. The third-order valence-electron chi connectivity index (χ3n) is 2.87. The van der Waals surface area contributed by atoms with Gasteiger partial charge in [0.15, 0.2) is 0 Å². The third-order valence-corrected chi connectivity index (χ3v) is 3.57. The molecular weight excluding hydrogens is 265 g/mol. The average molecular weight is 281 g/mol. The van der Waals surface area contributed by atoms with Gasteiger partial charge < -0.3 is 15.5 Å². The minimum Gasteiger partial charge on any atom is -0.387 e. The molecule has 0 bridgehead atoms. The van der Waals surface area contributed by atoms with Crippen molar-refractivity contribution in [3.63, 3.8) is 0 Å². The van der Waals surface area contributed by atoms with E-state index in [9.17, 15) is 14.6 Å². The van der Waals surface area contributed by atoms with Crippen LogP contribution in [0, 0.1) is 5.82 Å². The first-order valence-corrected chi connectivity index (χ1v) is 6.96. The van der Waals surface area contributed by atoms with Gasteiger partial charge in [-0.1, -0.05) is 18.2 Å². The van der Waals surface area contributed by atoms with Crippen molar-refractivity contribution < 1.29 is 14.6 Å². The molecule has 0 amide bonds. The molecule has 1 aromatic carbocycles. The molecule has 5 heteroatoms. The first kappa shape index (κ1) is 14.1. The molecule has 102 valence electrons. The molecule has 3 nitrogen and oxygen atoms in total. The topological polar surface area (TPSA) is 52.5 Å². The lowest BCUT2D eigenvalue weighted by atomic mass is 10.1. The van der Waals surface area contributed by atoms with Crippen LogP contribution in [0.15, 0.2) is 41.1 Å². The Labute approximate surface area is 115 Å². The molecule has 3 N–H and O–H groups in total. The van der Waals surface area contributed by atoms with E-state index in [1.165, 1.54) is 17.4 Å². The maximum atomic E-state index is 13.4. The van der Waals surface area contributed by atoms with E-state index in [2.05, 4.69) is 5.32 Å². The monoisotopic (exact) mass is 281 g/mol. The second kappa shape index (κ2) is 6.77. The number of aliphatic hydroxyl groups excluding tert-OH is 2. The lowest BCUT2D eigenvalue weighted by Gasteiger charge is -2.15. The van der Waals surface area contributed by atoms with Gasteiger partial charge in [-0.25, -0.2) is 4.39 Å². The summed E-state index contributed by atoms with van der Waals surface area (Å²) in [5.41, 5.74) is 1.11. The minimum absolute atomic E-state index is 0.197. The molecule has 2 unspecified atom stereocenters. The van der Waals surface area contributed by atoms with Gasteiger partial charge in [-0.3, -0.25) is 0 Å². The fourth-order valence-corrected chi connectivity index (χ4v) is 2.50. The van der Waals surface area contributed by atoms with Crippen LogP contribution in [-0.4, -0.2) is 23.3 Å². The van der Waals surface area contributed by atoms with Crippen LogP contribution in [0.4, 0.5) is 4.39 Å². The van der Waals surface area contributed by atoms with E-state index in [4.69, 9.17) is 0 Å². The summed E-state index contributed by atoms with van der Waals surface area (Å²) < 4.78 is 13.4. The van der Waals surface area contributed by atoms with Crippen molar-refractivity contribution in [2.75, 3.05) is 13.1 Å². The second-order valence-corrected chi connectivity index (χ2v) is 5.05. The molecule has 0 aliphatic rings. The largest absolute Gasteiger partial charge is 0.387 e. The van der Waals surface area contributed by atoms with Crippen LogP contribution in [0.5, 0.6) is 0 Å². The van der Waals surface area contributed by atoms with Gasteiger partial charge in [0.05, 0.1) is 12.2 Å². The first-order valence-electron chi connectivity index (χ1n) is 6.02. The highest BCUT2D eigenvalue weighted by Crippen LogP contribution is 2.17. The van der Waals surface area contributed by atoms with Crippen molar-refractivity contribution in [3.05, 3.63) is 58.0 Å². The Morgan fingerprint density at radius 3 is 2.53 bits per heavy atom. The lowest BCUT2D eigenvalue weighted by molar-refractivity contribution is 0.145. The summed E-state index contributed by atoms with van der Waals surface area (Å²) >= 11 is 1.52. The van der Waals surface area contributed by atoms with Crippen molar-refractivity contribution >= 4 is 11.3 Å². The SMILES string of the molecule is OC(CNCC(O)c1ccccc1F)c1ccsc1. The highest BCUT2D eigenvalue weighted by Gasteiger charge is 2.13. The zero-order chi connectivity index (χ0) is 13.7. The van der Waals surface area contributed by atoms with Gasteiger partial charge in [0.2, 0.25) is 0 Å². The molecule has 0 aliphatic heterocycles. The average Bonchev–Trinajstić information content (AvgIpc) is 2.93. The van der Waals surface area contributed by atoms with Crippen molar-refractivity contribution in [2.24, 2.45) is 0 Å². The molecule has 1 aromatic heterocycles. The molecule has 0 spiro atoms. The predicted octanol–water partition coefficient (Wildman–Crippen LogP) is 2.24. The van der Waals surface area contributed by atoms with E-state index in [-0.39, 0.29) is 12.1 Å². The standard InChI is InChI=1S/C14H16FNO2S/c15-12-4-2-1-3-11(12)14(18)8-16-7-13(17)10-5-6-19-9-10/h1-6,9,13-14,16-18H,7-8H2. The molecule has 0 fully saturated rings. The summed E-state index contributed by atoms with van der Waals surface area (Å²) in [6, 6.07) is 7.99. The molecule has 0 aliphatic carbocycles. The van der Waals surface area contributed by atoms with Crippen molar-refractivity contribution in [1.29, 1.82) is 0 Å². The Hall–Kier alpha value is -1.27. The Bertz CT molecular complexity index is 504. The van der Waals surface area contributed by atoms with Gasteiger partial charge in [0.25, 0.3) is 0 Å². The van der Waals surface area contributed by atoms with Gasteiger partial charge in [-0.15, -0.1) is 0 Å². The quantitative estimate of drug-likeness (QED) is 0.761. The molecule has 19 heavy (non-hydrogen) atoms. The summed E-state index contributed by atoms with van der Waals surface area (Å²) in [6.45, 7) is 0.518. The number of aliphatic hydroxyl groups is 2. The second-order valence-electron chi connectivity index (χ2n) is 4.27. The molecule has 0 radical (unpaired) electrons. The van der Waals surface area contributed by atoms with Crippen LogP contribution in [-0.2, 0) is 0 Å². The lowest BCUT2D eigenvalue weighted by Crippen LogP contribution is -2.26. The summed E-state index contributed by atoms with van der Waals surface area (Å²) in [5, 5.41) is 26.4. The number of hydrogen-bond acceptors (Lipinski definition) is 4. The summed E-state index contributed by atoms with van der Waals surface area (Å²) in [7, 11) is 0. The Morgan fingerprint density at radius 1 is 1.11 bits per heavy atom. The smallest absolute Gasteiger partial charge is 0.129 e.